The lowest BCUT2D eigenvalue weighted by atomic mass is 10.00. The molecule has 3 rings (SSSR count). The van der Waals surface area contributed by atoms with Crippen molar-refractivity contribution in [2.75, 3.05) is 25.5 Å². The van der Waals surface area contributed by atoms with E-state index in [1.807, 2.05) is 31.2 Å². The molecule has 0 aliphatic carbocycles. The number of likely N-dealkylation sites (N-methyl/N-ethyl adjacent to an activating group) is 1. The number of halogens is 1. The van der Waals surface area contributed by atoms with Crippen LogP contribution in [0.4, 0.5) is 5.69 Å². The highest BCUT2D eigenvalue weighted by molar-refractivity contribution is 6.33. The van der Waals surface area contributed by atoms with E-state index < -0.39 is 0 Å². The molecule has 0 heterocycles. The van der Waals surface area contributed by atoms with Gasteiger partial charge in [0.25, 0.3) is 0 Å². The van der Waals surface area contributed by atoms with Gasteiger partial charge in [-0.05, 0) is 42.4 Å². The Morgan fingerprint density at radius 1 is 0.931 bits per heavy atom. The monoisotopic (exact) mass is 409 g/mol. The summed E-state index contributed by atoms with van der Waals surface area (Å²) in [6.45, 7) is 2.16. The van der Waals surface area contributed by atoms with Gasteiger partial charge in [-0.3, -0.25) is 14.5 Å². The quantitative estimate of drug-likeness (QED) is 0.613. The van der Waals surface area contributed by atoms with E-state index in [1.165, 1.54) is 0 Å². The van der Waals surface area contributed by atoms with Gasteiger partial charge < -0.3 is 10.6 Å². The van der Waals surface area contributed by atoms with Crippen molar-refractivity contribution in [3.63, 3.8) is 0 Å². The van der Waals surface area contributed by atoms with Gasteiger partial charge in [0.05, 0.1) is 29.8 Å². The molecule has 0 fully saturated rings. The molecule has 0 aliphatic heterocycles. The third-order valence-corrected chi connectivity index (χ3v) is 4.97. The van der Waals surface area contributed by atoms with Gasteiger partial charge in [-0.1, -0.05) is 66.2 Å². The Balaban J connectivity index is 1.54. The number of para-hydroxylation sites is 1. The molecule has 1 atom stereocenters. The zero-order valence-electron chi connectivity index (χ0n) is 16.5. The number of nitrogens with one attached hydrogen (secondary N) is 2. The highest BCUT2D eigenvalue weighted by atomic mass is 35.5. The van der Waals surface area contributed by atoms with E-state index >= 15 is 0 Å². The van der Waals surface area contributed by atoms with E-state index in [-0.39, 0.29) is 30.9 Å². The highest BCUT2D eigenvalue weighted by Gasteiger charge is 2.15. The second-order valence-electron chi connectivity index (χ2n) is 7.06. The molecule has 29 heavy (non-hydrogen) atoms. The molecule has 3 aromatic carbocycles. The minimum absolute atomic E-state index is 0.0846. The summed E-state index contributed by atoms with van der Waals surface area (Å²) in [5, 5.41) is 8.51. The van der Waals surface area contributed by atoms with Crippen LogP contribution in [-0.2, 0) is 9.59 Å². The molecule has 0 spiro atoms. The van der Waals surface area contributed by atoms with Crippen LogP contribution in [0, 0.1) is 0 Å². The van der Waals surface area contributed by atoms with Crippen LogP contribution in [0.15, 0.2) is 66.7 Å². The second-order valence-corrected chi connectivity index (χ2v) is 7.47. The van der Waals surface area contributed by atoms with Crippen molar-refractivity contribution in [2.45, 2.75) is 13.0 Å². The van der Waals surface area contributed by atoms with E-state index in [0.717, 1.165) is 16.3 Å². The Labute approximate surface area is 175 Å². The summed E-state index contributed by atoms with van der Waals surface area (Å²) in [5.74, 6) is -0.367. The Kier molecular flexibility index (Phi) is 6.86. The molecular weight excluding hydrogens is 386 g/mol. The third-order valence-electron chi connectivity index (χ3n) is 4.64. The molecule has 0 saturated carbocycles. The topological polar surface area (TPSA) is 61.4 Å². The molecule has 3 aromatic rings. The fraction of sp³-hybridized carbons (Fsp3) is 0.217. The van der Waals surface area contributed by atoms with Crippen LogP contribution in [0.2, 0.25) is 5.02 Å². The maximum absolute atomic E-state index is 12.5. The number of rotatable bonds is 7. The molecule has 6 heteroatoms. The minimum Gasteiger partial charge on any atom is -0.348 e. The van der Waals surface area contributed by atoms with Crippen LogP contribution in [0.1, 0.15) is 18.5 Å². The number of hydrogen-bond acceptors (Lipinski definition) is 3. The lowest BCUT2D eigenvalue weighted by Gasteiger charge is -2.20. The van der Waals surface area contributed by atoms with Gasteiger partial charge >= 0.3 is 0 Å². The first kappa shape index (κ1) is 20.8. The minimum atomic E-state index is -0.226. The summed E-state index contributed by atoms with van der Waals surface area (Å²) in [7, 11) is 1.73. The average molecular weight is 410 g/mol. The van der Waals surface area contributed by atoms with Crippen molar-refractivity contribution in [2.24, 2.45) is 0 Å². The van der Waals surface area contributed by atoms with Gasteiger partial charge in [0.2, 0.25) is 11.8 Å². The van der Waals surface area contributed by atoms with E-state index in [4.69, 9.17) is 11.6 Å². The predicted molar refractivity (Wildman–Crippen MR) is 118 cm³/mol. The van der Waals surface area contributed by atoms with Crippen molar-refractivity contribution >= 4 is 39.9 Å². The average Bonchev–Trinajstić information content (AvgIpc) is 2.68. The fourth-order valence-corrected chi connectivity index (χ4v) is 3.47. The highest BCUT2D eigenvalue weighted by Crippen LogP contribution is 2.24. The van der Waals surface area contributed by atoms with E-state index in [2.05, 4.69) is 28.8 Å². The van der Waals surface area contributed by atoms with Crippen molar-refractivity contribution in [1.29, 1.82) is 0 Å². The molecule has 150 valence electrons. The number of carbonyl (C=O) groups is 2. The maximum atomic E-state index is 12.5. The van der Waals surface area contributed by atoms with Crippen molar-refractivity contribution in [1.82, 2.24) is 10.2 Å². The van der Waals surface area contributed by atoms with E-state index in [0.29, 0.717) is 10.7 Å². The fourth-order valence-electron chi connectivity index (χ4n) is 3.29. The number of carbonyl (C=O) groups excluding carboxylic acids is 2. The van der Waals surface area contributed by atoms with Gasteiger partial charge in [-0.25, -0.2) is 0 Å². The molecule has 0 aliphatic rings. The summed E-state index contributed by atoms with van der Waals surface area (Å²) in [4.78, 5) is 26.3. The van der Waals surface area contributed by atoms with Crippen molar-refractivity contribution in [3.05, 3.63) is 77.3 Å². The van der Waals surface area contributed by atoms with Crippen LogP contribution in [0.5, 0.6) is 0 Å². The van der Waals surface area contributed by atoms with Crippen LogP contribution >= 0.6 is 11.6 Å². The predicted octanol–water partition coefficient (Wildman–Crippen LogP) is 4.24. The Morgan fingerprint density at radius 3 is 2.38 bits per heavy atom. The standard InChI is InChI=1S/C23H24ClN3O2/c1-16(18-11-7-9-17-8-3-4-10-19(17)18)25-22(28)14-27(2)15-23(29)26-21-13-6-5-12-20(21)24/h3-13,16H,14-15H2,1-2H3,(H,25,28)(H,26,29)/t16-/m0/s1. The molecule has 5 nitrogen and oxygen atoms in total. The molecule has 2 N–H and O–H groups in total. The van der Waals surface area contributed by atoms with Crippen LogP contribution in [-0.4, -0.2) is 36.9 Å². The van der Waals surface area contributed by atoms with Gasteiger partial charge in [0, 0.05) is 0 Å². The first-order valence-corrected chi connectivity index (χ1v) is 9.82. The molecule has 0 unspecified atom stereocenters. The summed E-state index contributed by atoms with van der Waals surface area (Å²) in [5.41, 5.74) is 1.62. The summed E-state index contributed by atoms with van der Waals surface area (Å²) in [6, 6.07) is 21.1. The van der Waals surface area contributed by atoms with Crippen LogP contribution < -0.4 is 10.6 Å². The number of benzene rings is 3. The summed E-state index contributed by atoms with van der Waals surface area (Å²) < 4.78 is 0. The first-order valence-electron chi connectivity index (χ1n) is 9.44. The summed E-state index contributed by atoms with van der Waals surface area (Å²) in [6.07, 6.45) is 0. The normalized spacial score (nSPS) is 12.0. The van der Waals surface area contributed by atoms with Gasteiger partial charge in [0.1, 0.15) is 0 Å². The lowest BCUT2D eigenvalue weighted by Crippen LogP contribution is -2.39. The molecular formula is C23H24ClN3O2. The van der Waals surface area contributed by atoms with E-state index in [1.54, 1.807) is 36.2 Å². The van der Waals surface area contributed by atoms with Crippen LogP contribution in [0.25, 0.3) is 10.8 Å². The number of amides is 2. The molecule has 0 saturated heterocycles. The number of anilines is 1. The number of fused-ring (bicyclic) bond motifs is 1. The Hall–Kier alpha value is -2.89. The second kappa shape index (κ2) is 9.54. The SMILES string of the molecule is C[C@H](NC(=O)CN(C)CC(=O)Nc1ccccc1Cl)c1cccc2ccccc12. The Morgan fingerprint density at radius 2 is 1.59 bits per heavy atom. The zero-order chi connectivity index (χ0) is 20.8. The molecule has 0 radical (unpaired) electrons. The van der Waals surface area contributed by atoms with E-state index in [9.17, 15) is 9.59 Å². The number of nitrogens with zero attached hydrogens (tertiary/aromatic N) is 1. The Bertz CT molecular complexity index is 1020. The first-order chi connectivity index (χ1) is 13.9. The largest absolute Gasteiger partial charge is 0.348 e. The lowest BCUT2D eigenvalue weighted by molar-refractivity contribution is -0.123. The van der Waals surface area contributed by atoms with Crippen molar-refractivity contribution in [3.8, 4) is 0 Å². The number of hydrogen-bond donors (Lipinski definition) is 2. The molecule has 0 aromatic heterocycles. The molecule has 2 amide bonds. The van der Waals surface area contributed by atoms with Crippen LogP contribution in [0.3, 0.4) is 0 Å². The van der Waals surface area contributed by atoms with Crippen molar-refractivity contribution < 1.29 is 9.59 Å². The van der Waals surface area contributed by atoms with Gasteiger partial charge in [-0.2, -0.15) is 0 Å². The van der Waals surface area contributed by atoms with Gasteiger partial charge in [0.15, 0.2) is 0 Å². The smallest absolute Gasteiger partial charge is 0.238 e. The van der Waals surface area contributed by atoms with Gasteiger partial charge in [-0.15, -0.1) is 0 Å². The maximum Gasteiger partial charge on any atom is 0.238 e. The molecule has 0 bridgehead atoms. The summed E-state index contributed by atoms with van der Waals surface area (Å²) >= 11 is 6.05. The zero-order valence-corrected chi connectivity index (χ0v) is 17.2. The third kappa shape index (κ3) is 5.56.